The van der Waals surface area contributed by atoms with Crippen molar-refractivity contribution in [2.24, 2.45) is 5.92 Å². The highest BCUT2D eigenvalue weighted by atomic mass is 16.5. The van der Waals surface area contributed by atoms with Crippen LogP contribution in [0.25, 0.3) is 0 Å². The Hall–Kier alpha value is -1.18. The van der Waals surface area contributed by atoms with E-state index in [1.807, 2.05) is 24.3 Å². The fourth-order valence-corrected chi connectivity index (χ4v) is 0.784. The number of hydrogen-bond acceptors (Lipinski definition) is 2. The van der Waals surface area contributed by atoms with E-state index in [-0.39, 0.29) is 0 Å². The normalized spacial score (nSPS) is 9.40. The van der Waals surface area contributed by atoms with Crippen molar-refractivity contribution in [1.82, 2.24) is 0 Å². The first-order chi connectivity index (χ1) is 7.06. The minimum Gasteiger partial charge on any atom is -0.494 e. The van der Waals surface area contributed by atoms with Crippen LogP contribution < -0.4 is 10.5 Å². The molecule has 0 atom stereocenters. The van der Waals surface area contributed by atoms with Gasteiger partial charge in [-0.05, 0) is 36.6 Å². The minimum absolute atomic E-state index is 0.768. The van der Waals surface area contributed by atoms with Crippen LogP contribution in [0.5, 0.6) is 5.75 Å². The number of anilines is 1. The number of nitrogen functional groups attached to an aromatic ring is 1. The van der Waals surface area contributed by atoms with Crippen molar-refractivity contribution in [2.45, 2.75) is 34.1 Å². The summed E-state index contributed by atoms with van der Waals surface area (Å²) in [7, 11) is 0. The van der Waals surface area contributed by atoms with Crippen LogP contribution in [0.2, 0.25) is 0 Å². The fourth-order valence-electron chi connectivity index (χ4n) is 0.784. The lowest BCUT2D eigenvalue weighted by Crippen LogP contribution is -1.94. The van der Waals surface area contributed by atoms with Gasteiger partial charge in [-0.25, -0.2) is 0 Å². The van der Waals surface area contributed by atoms with Gasteiger partial charge in [0.05, 0.1) is 6.61 Å². The van der Waals surface area contributed by atoms with E-state index in [0.29, 0.717) is 0 Å². The molecule has 0 fully saturated rings. The standard InChI is InChI=1S/C9H13NO.C4H10/c1-2-7-11-9-5-3-8(10)4-6-9;1-4(2)3/h3-6H,2,7,10H2,1H3;4H,1-3H3. The van der Waals surface area contributed by atoms with E-state index in [0.717, 1.165) is 30.4 Å². The van der Waals surface area contributed by atoms with Crippen molar-refractivity contribution >= 4 is 5.69 Å². The highest BCUT2D eigenvalue weighted by molar-refractivity contribution is 5.41. The van der Waals surface area contributed by atoms with E-state index in [2.05, 4.69) is 27.7 Å². The Kier molecular flexibility index (Phi) is 7.51. The number of hydrogen-bond donors (Lipinski definition) is 1. The molecule has 15 heavy (non-hydrogen) atoms. The zero-order chi connectivity index (χ0) is 11.7. The molecule has 0 heterocycles. The molecular formula is C13H23NO. The monoisotopic (exact) mass is 209 g/mol. The average molecular weight is 209 g/mol. The summed E-state index contributed by atoms with van der Waals surface area (Å²) in [5.41, 5.74) is 6.27. The SMILES string of the molecule is CC(C)C.CCCOc1ccc(N)cc1. The number of nitrogens with two attached hydrogens (primary N) is 1. The minimum atomic E-state index is 0.768. The number of ether oxygens (including phenoxy) is 1. The molecule has 0 bridgehead atoms. The third-order valence-corrected chi connectivity index (χ3v) is 1.35. The van der Waals surface area contributed by atoms with Gasteiger partial charge in [-0.1, -0.05) is 27.7 Å². The van der Waals surface area contributed by atoms with E-state index in [1.54, 1.807) is 0 Å². The Morgan fingerprint density at radius 3 is 2.00 bits per heavy atom. The maximum Gasteiger partial charge on any atom is 0.119 e. The number of benzene rings is 1. The van der Waals surface area contributed by atoms with E-state index < -0.39 is 0 Å². The van der Waals surface area contributed by atoms with Gasteiger partial charge in [0.2, 0.25) is 0 Å². The number of rotatable bonds is 3. The van der Waals surface area contributed by atoms with E-state index in [1.165, 1.54) is 0 Å². The molecule has 0 saturated heterocycles. The molecule has 0 saturated carbocycles. The van der Waals surface area contributed by atoms with E-state index in [4.69, 9.17) is 10.5 Å². The van der Waals surface area contributed by atoms with Crippen molar-refractivity contribution in [3.63, 3.8) is 0 Å². The molecule has 0 aromatic heterocycles. The summed E-state index contributed by atoms with van der Waals surface area (Å²) < 4.78 is 5.35. The molecule has 0 spiro atoms. The Labute approximate surface area is 93.4 Å². The summed E-state index contributed by atoms with van der Waals surface area (Å²) in [6.45, 7) is 9.35. The van der Waals surface area contributed by atoms with Gasteiger partial charge in [0.15, 0.2) is 0 Å². The van der Waals surface area contributed by atoms with Crippen molar-refractivity contribution in [3.8, 4) is 5.75 Å². The zero-order valence-electron chi connectivity index (χ0n) is 10.3. The van der Waals surface area contributed by atoms with Gasteiger partial charge in [-0.2, -0.15) is 0 Å². The maximum atomic E-state index is 5.50. The van der Waals surface area contributed by atoms with Gasteiger partial charge in [0.25, 0.3) is 0 Å². The smallest absolute Gasteiger partial charge is 0.119 e. The van der Waals surface area contributed by atoms with Gasteiger partial charge < -0.3 is 10.5 Å². The van der Waals surface area contributed by atoms with Gasteiger partial charge in [0.1, 0.15) is 5.75 Å². The van der Waals surface area contributed by atoms with Gasteiger partial charge in [0, 0.05) is 5.69 Å². The predicted octanol–water partition coefficient (Wildman–Crippen LogP) is 3.72. The highest BCUT2D eigenvalue weighted by Gasteiger charge is 1.90. The topological polar surface area (TPSA) is 35.2 Å². The average Bonchev–Trinajstić information content (AvgIpc) is 2.16. The largest absolute Gasteiger partial charge is 0.494 e. The fraction of sp³-hybridized carbons (Fsp3) is 0.538. The molecule has 86 valence electrons. The lowest BCUT2D eigenvalue weighted by atomic mass is 10.3. The maximum absolute atomic E-state index is 5.50. The predicted molar refractivity (Wildman–Crippen MR) is 67.2 cm³/mol. The van der Waals surface area contributed by atoms with Crippen LogP contribution in [0.3, 0.4) is 0 Å². The molecule has 1 aromatic carbocycles. The summed E-state index contributed by atoms with van der Waals surface area (Å²) in [5.74, 6) is 1.72. The Bertz CT molecular complexity index is 238. The molecular weight excluding hydrogens is 186 g/mol. The quantitative estimate of drug-likeness (QED) is 0.770. The molecule has 2 heteroatoms. The van der Waals surface area contributed by atoms with Crippen LogP contribution in [-0.2, 0) is 0 Å². The molecule has 2 nitrogen and oxygen atoms in total. The van der Waals surface area contributed by atoms with Crippen LogP contribution in [0.1, 0.15) is 34.1 Å². The molecule has 0 radical (unpaired) electrons. The lowest BCUT2D eigenvalue weighted by Gasteiger charge is -2.03. The Morgan fingerprint density at radius 2 is 1.60 bits per heavy atom. The lowest BCUT2D eigenvalue weighted by molar-refractivity contribution is 0.317. The van der Waals surface area contributed by atoms with Gasteiger partial charge in [-0.3, -0.25) is 0 Å². The third kappa shape index (κ3) is 9.13. The van der Waals surface area contributed by atoms with Crippen LogP contribution in [0, 0.1) is 5.92 Å². The molecule has 0 aliphatic heterocycles. The van der Waals surface area contributed by atoms with Gasteiger partial charge in [-0.15, -0.1) is 0 Å². The van der Waals surface area contributed by atoms with Crippen LogP contribution in [0.15, 0.2) is 24.3 Å². The summed E-state index contributed by atoms with van der Waals surface area (Å²) in [6.07, 6.45) is 1.03. The summed E-state index contributed by atoms with van der Waals surface area (Å²) in [5, 5.41) is 0. The Balaban J connectivity index is 0.000000423. The van der Waals surface area contributed by atoms with Crippen molar-refractivity contribution in [1.29, 1.82) is 0 Å². The van der Waals surface area contributed by atoms with E-state index >= 15 is 0 Å². The first-order valence-corrected chi connectivity index (χ1v) is 5.54. The van der Waals surface area contributed by atoms with Crippen LogP contribution in [-0.4, -0.2) is 6.61 Å². The molecule has 0 unspecified atom stereocenters. The molecule has 1 aromatic rings. The molecule has 0 aliphatic carbocycles. The second-order valence-electron chi connectivity index (χ2n) is 4.15. The first-order valence-electron chi connectivity index (χ1n) is 5.54. The van der Waals surface area contributed by atoms with Crippen molar-refractivity contribution in [3.05, 3.63) is 24.3 Å². The second-order valence-corrected chi connectivity index (χ2v) is 4.15. The Morgan fingerprint density at radius 1 is 1.13 bits per heavy atom. The molecule has 2 N–H and O–H groups in total. The van der Waals surface area contributed by atoms with Crippen molar-refractivity contribution < 1.29 is 4.74 Å². The summed E-state index contributed by atoms with van der Waals surface area (Å²) in [6, 6.07) is 7.44. The zero-order valence-corrected chi connectivity index (χ0v) is 10.3. The van der Waals surface area contributed by atoms with Gasteiger partial charge >= 0.3 is 0 Å². The first kappa shape index (κ1) is 13.8. The molecule has 1 rings (SSSR count). The second kappa shape index (κ2) is 8.16. The van der Waals surface area contributed by atoms with E-state index in [9.17, 15) is 0 Å². The summed E-state index contributed by atoms with van der Waals surface area (Å²) >= 11 is 0. The molecule has 0 amide bonds. The summed E-state index contributed by atoms with van der Waals surface area (Å²) in [4.78, 5) is 0. The molecule has 0 aliphatic rings. The third-order valence-electron chi connectivity index (χ3n) is 1.35. The van der Waals surface area contributed by atoms with Crippen molar-refractivity contribution in [2.75, 3.05) is 12.3 Å². The van der Waals surface area contributed by atoms with Crippen LogP contribution >= 0.6 is 0 Å². The highest BCUT2D eigenvalue weighted by Crippen LogP contribution is 2.12. The van der Waals surface area contributed by atoms with Crippen LogP contribution in [0.4, 0.5) is 5.69 Å².